The summed E-state index contributed by atoms with van der Waals surface area (Å²) in [4.78, 5) is 11.9. The molecule has 0 radical (unpaired) electrons. The van der Waals surface area contributed by atoms with Gasteiger partial charge < -0.3 is 9.84 Å². The molecular formula is C13H18O3S. The van der Waals surface area contributed by atoms with E-state index in [0.717, 1.165) is 0 Å². The molecule has 4 heteroatoms. The van der Waals surface area contributed by atoms with E-state index < -0.39 is 6.10 Å². The molecule has 0 aliphatic heterocycles. The average Bonchev–Trinajstić information content (AvgIpc) is 2.35. The second-order valence-corrected chi connectivity index (χ2v) is 5.28. The van der Waals surface area contributed by atoms with Gasteiger partial charge in [0.2, 0.25) is 0 Å². The van der Waals surface area contributed by atoms with Crippen LogP contribution in [0, 0.1) is 0 Å². The quantitative estimate of drug-likeness (QED) is 0.792. The van der Waals surface area contributed by atoms with Gasteiger partial charge in [-0.3, -0.25) is 4.79 Å². The summed E-state index contributed by atoms with van der Waals surface area (Å²) in [6, 6.07) is 7.12. The molecule has 17 heavy (non-hydrogen) atoms. The minimum absolute atomic E-state index is 0.0569. The maximum absolute atomic E-state index is 11.9. The monoisotopic (exact) mass is 254 g/mol. The van der Waals surface area contributed by atoms with Gasteiger partial charge in [0, 0.05) is 10.8 Å². The third kappa shape index (κ3) is 4.40. The summed E-state index contributed by atoms with van der Waals surface area (Å²) in [7, 11) is 1.58. The van der Waals surface area contributed by atoms with Gasteiger partial charge in [0.25, 0.3) is 0 Å². The van der Waals surface area contributed by atoms with E-state index >= 15 is 0 Å². The number of ether oxygens (including phenoxy) is 1. The molecule has 0 heterocycles. The Labute approximate surface area is 106 Å². The first-order valence-electron chi connectivity index (χ1n) is 5.51. The smallest absolute Gasteiger partial charge is 0.172 e. The number of aliphatic hydroxyl groups is 1. The van der Waals surface area contributed by atoms with Gasteiger partial charge in [0.15, 0.2) is 5.78 Å². The first-order chi connectivity index (χ1) is 8.04. The van der Waals surface area contributed by atoms with Crippen molar-refractivity contribution in [3.63, 3.8) is 0 Å². The maximum Gasteiger partial charge on any atom is 0.172 e. The predicted molar refractivity (Wildman–Crippen MR) is 70.9 cm³/mol. The Balaban J connectivity index is 2.57. The third-order valence-electron chi connectivity index (χ3n) is 2.55. The van der Waals surface area contributed by atoms with Crippen LogP contribution in [0.1, 0.15) is 24.2 Å². The van der Waals surface area contributed by atoms with E-state index in [1.165, 1.54) is 11.8 Å². The van der Waals surface area contributed by atoms with E-state index in [4.69, 9.17) is 4.74 Å². The largest absolute Gasteiger partial charge is 0.497 e. The van der Waals surface area contributed by atoms with Crippen LogP contribution in [-0.4, -0.2) is 35.1 Å². The van der Waals surface area contributed by atoms with Crippen LogP contribution in [-0.2, 0) is 0 Å². The van der Waals surface area contributed by atoms with Gasteiger partial charge >= 0.3 is 0 Å². The van der Waals surface area contributed by atoms with Crippen molar-refractivity contribution in [1.29, 1.82) is 0 Å². The number of aliphatic hydroxyl groups excluding tert-OH is 1. The van der Waals surface area contributed by atoms with Crippen LogP contribution in [0.15, 0.2) is 24.3 Å². The van der Waals surface area contributed by atoms with Crippen LogP contribution in [0.2, 0.25) is 0 Å². The van der Waals surface area contributed by atoms with Crippen molar-refractivity contribution >= 4 is 17.5 Å². The standard InChI is InChI=1S/C13H18O3S/c1-9(14)10(2)17-8-13(15)11-5-4-6-12(7-11)16-3/h4-7,9-10,14H,8H2,1-3H3. The minimum Gasteiger partial charge on any atom is -0.497 e. The first-order valence-corrected chi connectivity index (χ1v) is 6.56. The van der Waals surface area contributed by atoms with Crippen molar-refractivity contribution < 1.29 is 14.6 Å². The van der Waals surface area contributed by atoms with Gasteiger partial charge in [-0.05, 0) is 19.1 Å². The number of methoxy groups -OCH3 is 1. The Bertz CT molecular complexity index is 377. The Kier molecular flexibility index (Phi) is 5.51. The van der Waals surface area contributed by atoms with Crippen molar-refractivity contribution in [2.45, 2.75) is 25.2 Å². The van der Waals surface area contributed by atoms with Crippen LogP contribution >= 0.6 is 11.8 Å². The number of ketones is 1. The number of thioether (sulfide) groups is 1. The maximum atomic E-state index is 11.9. The lowest BCUT2D eigenvalue weighted by Crippen LogP contribution is -2.17. The van der Waals surface area contributed by atoms with E-state index in [-0.39, 0.29) is 11.0 Å². The topological polar surface area (TPSA) is 46.5 Å². The Morgan fingerprint density at radius 3 is 2.76 bits per heavy atom. The molecule has 0 aromatic heterocycles. The van der Waals surface area contributed by atoms with Crippen molar-refractivity contribution in [2.75, 3.05) is 12.9 Å². The van der Waals surface area contributed by atoms with Crippen LogP contribution in [0.4, 0.5) is 0 Å². The SMILES string of the molecule is COc1cccc(C(=O)CSC(C)C(C)O)c1. The fourth-order valence-corrected chi connectivity index (χ4v) is 2.09. The Hall–Kier alpha value is -1.00. The molecule has 1 aromatic rings. The fraction of sp³-hybridized carbons (Fsp3) is 0.462. The summed E-state index contributed by atoms with van der Waals surface area (Å²) in [6.07, 6.45) is -0.405. The van der Waals surface area contributed by atoms with Gasteiger partial charge in [-0.25, -0.2) is 0 Å². The Morgan fingerprint density at radius 2 is 2.18 bits per heavy atom. The van der Waals surface area contributed by atoms with Crippen molar-refractivity contribution in [3.05, 3.63) is 29.8 Å². The number of hydrogen-bond donors (Lipinski definition) is 1. The molecule has 2 atom stereocenters. The summed E-state index contributed by atoms with van der Waals surface area (Å²) in [5.74, 6) is 1.12. The van der Waals surface area contributed by atoms with E-state index in [2.05, 4.69) is 0 Å². The summed E-state index contributed by atoms with van der Waals surface area (Å²) in [6.45, 7) is 3.64. The van der Waals surface area contributed by atoms with Gasteiger partial charge in [0.05, 0.1) is 19.0 Å². The fourth-order valence-electron chi connectivity index (χ4n) is 1.23. The van der Waals surface area contributed by atoms with E-state index in [9.17, 15) is 9.90 Å². The zero-order chi connectivity index (χ0) is 12.8. The number of hydrogen-bond acceptors (Lipinski definition) is 4. The normalized spacial score (nSPS) is 14.1. The molecule has 0 amide bonds. The molecule has 1 aromatic carbocycles. The van der Waals surface area contributed by atoms with Crippen LogP contribution in [0.5, 0.6) is 5.75 Å². The van der Waals surface area contributed by atoms with E-state index in [0.29, 0.717) is 17.1 Å². The zero-order valence-corrected chi connectivity index (χ0v) is 11.2. The summed E-state index contributed by atoms with van der Waals surface area (Å²) < 4.78 is 5.07. The van der Waals surface area contributed by atoms with Gasteiger partial charge in [-0.2, -0.15) is 0 Å². The molecule has 1 N–H and O–H groups in total. The number of carbonyl (C=O) groups excluding carboxylic acids is 1. The summed E-state index contributed by atoms with van der Waals surface area (Å²) >= 11 is 1.46. The van der Waals surface area contributed by atoms with E-state index in [1.54, 1.807) is 32.2 Å². The van der Waals surface area contributed by atoms with E-state index in [1.807, 2.05) is 13.0 Å². The van der Waals surface area contributed by atoms with Gasteiger partial charge in [0.1, 0.15) is 5.75 Å². The van der Waals surface area contributed by atoms with Crippen LogP contribution in [0.3, 0.4) is 0 Å². The molecule has 0 spiro atoms. The van der Waals surface area contributed by atoms with Crippen molar-refractivity contribution in [3.8, 4) is 5.75 Å². The molecule has 2 unspecified atom stereocenters. The molecule has 0 aliphatic rings. The van der Waals surface area contributed by atoms with Crippen LogP contribution < -0.4 is 4.74 Å². The molecule has 0 bridgehead atoms. The molecule has 1 rings (SSSR count). The number of carbonyl (C=O) groups is 1. The Morgan fingerprint density at radius 1 is 1.47 bits per heavy atom. The second-order valence-electron chi connectivity index (χ2n) is 3.91. The molecule has 0 saturated carbocycles. The van der Waals surface area contributed by atoms with Crippen molar-refractivity contribution in [2.24, 2.45) is 0 Å². The number of Topliss-reactive ketones (excluding diaryl/α,β-unsaturated/α-hetero) is 1. The molecule has 0 aliphatic carbocycles. The average molecular weight is 254 g/mol. The zero-order valence-electron chi connectivity index (χ0n) is 10.3. The van der Waals surface area contributed by atoms with Gasteiger partial charge in [-0.15, -0.1) is 11.8 Å². The lowest BCUT2D eigenvalue weighted by molar-refractivity contribution is 0.102. The summed E-state index contributed by atoms with van der Waals surface area (Å²) in [5.41, 5.74) is 0.648. The second kappa shape index (κ2) is 6.67. The molecule has 94 valence electrons. The predicted octanol–water partition coefficient (Wildman–Crippen LogP) is 2.38. The van der Waals surface area contributed by atoms with Crippen LogP contribution in [0.25, 0.3) is 0 Å². The molecule has 0 fully saturated rings. The van der Waals surface area contributed by atoms with Gasteiger partial charge in [-0.1, -0.05) is 19.1 Å². The lowest BCUT2D eigenvalue weighted by atomic mass is 10.1. The lowest BCUT2D eigenvalue weighted by Gasteiger charge is -2.13. The highest BCUT2D eigenvalue weighted by molar-refractivity contribution is 8.00. The molecule has 0 saturated heterocycles. The highest BCUT2D eigenvalue weighted by Crippen LogP contribution is 2.18. The molecular weight excluding hydrogens is 236 g/mol. The minimum atomic E-state index is -0.405. The number of rotatable bonds is 6. The molecule has 3 nitrogen and oxygen atoms in total. The highest BCUT2D eigenvalue weighted by Gasteiger charge is 2.13. The summed E-state index contributed by atoms with van der Waals surface area (Å²) in [5, 5.41) is 9.39. The van der Waals surface area contributed by atoms with Crippen molar-refractivity contribution in [1.82, 2.24) is 0 Å². The third-order valence-corrected chi connectivity index (χ3v) is 3.90. The highest BCUT2D eigenvalue weighted by atomic mass is 32.2. The first kappa shape index (κ1) is 14.1. The number of benzene rings is 1.